The minimum absolute atomic E-state index is 0.202. The van der Waals surface area contributed by atoms with E-state index in [1.165, 1.54) is 26.4 Å². The van der Waals surface area contributed by atoms with Crippen molar-refractivity contribution in [3.05, 3.63) is 17.8 Å². The van der Waals surface area contributed by atoms with Crippen molar-refractivity contribution in [1.29, 1.82) is 0 Å². The summed E-state index contributed by atoms with van der Waals surface area (Å²) in [6, 6.07) is 1.90. The number of pyridine rings is 1. The summed E-state index contributed by atoms with van der Waals surface area (Å²) in [7, 11) is 1.35. The van der Waals surface area contributed by atoms with E-state index in [4.69, 9.17) is 10.5 Å². The maximum absolute atomic E-state index is 11.6. The van der Waals surface area contributed by atoms with E-state index in [0.29, 0.717) is 23.1 Å². The molecule has 0 amide bonds. The molecule has 1 aromatic heterocycles. The Morgan fingerprint density at radius 2 is 2.25 bits per heavy atom. The predicted molar refractivity (Wildman–Crippen MR) is 79.6 cm³/mol. The Kier molecular flexibility index (Phi) is 4.16. The number of hydrogen-bond acceptors (Lipinski definition) is 5. The van der Waals surface area contributed by atoms with Crippen LogP contribution in [0.5, 0.6) is 0 Å². The highest BCUT2D eigenvalue weighted by Gasteiger charge is 2.32. The molecule has 1 saturated carbocycles. The maximum atomic E-state index is 11.6. The van der Waals surface area contributed by atoms with E-state index < -0.39 is 5.97 Å². The number of nitrogen functional groups attached to an aromatic ring is 1. The zero-order valence-electron chi connectivity index (χ0n) is 12.4. The molecule has 0 saturated heterocycles. The number of hydrogen-bond donors (Lipinski definition) is 2. The molecule has 1 heterocycles. The van der Waals surface area contributed by atoms with Crippen molar-refractivity contribution < 1.29 is 9.53 Å². The van der Waals surface area contributed by atoms with Gasteiger partial charge in [0.15, 0.2) is 0 Å². The summed E-state index contributed by atoms with van der Waals surface area (Å²) in [5.41, 5.74) is 6.96. The first-order valence-electron chi connectivity index (χ1n) is 7.05. The predicted octanol–water partition coefficient (Wildman–Crippen LogP) is 2.83. The molecule has 110 valence electrons. The molecule has 0 aliphatic heterocycles. The van der Waals surface area contributed by atoms with Gasteiger partial charge in [-0.05, 0) is 24.3 Å². The normalized spacial score (nSPS) is 21.2. The van der Waals surface area contributed by atoms with Crippen molar-refractivity contribution in [2.75, 3.05) is 18.2 Å². The van der Waals surface area contributed by atoms with E-state index in [1.807, 2.05) is 0 Å². The van der Waals surface area contributed by atoms with E-state index >= 15 is 0 Å². The smallest absolute Gasteiger partial charge is 0.340 e. The van der Waals surface area contributed by atoms with Crippen LogP contribution < -0.4 is 11.1 Å². The molecule has 1 atom stereocenters. The third-order valence-electron chi connectivity index (χ3n) is 4.21. The summed E-state index contributed by atoms with van der Waals surface area (Å²) in [5, 5.41) is 3.41. The van der Waals surface area contributed by atoms with Crippen LogP contribution in [0.3, 0.4) is 0 Å². The molecule has 20 heavy (non-hydrogen) atoms. The topological polar surface area (TPSA) is 77.2 Å². The highest BCUT2D eigenvalue weighted by molar-refractivity contribution is 5.97. The van der Waals surface area contributed by atoms with Gasteiger partial charge in [-0.15, -0.1) is 0 Å². The van der Waals surface area contributed by atoms with Crippen molar-refractivity contribution in [1.82, 2.24) is 4.98 Å². The molecule has 0 aromatic carbocycles. The number of methoxy groups -OCH3 is 1. The van der Waals surface area contributed by atoms with Crippen molar-refractivity contribution in [2.45, 2.75) is 45.6 Å². The molecule has 1 fully saturated rings. The third-order valence-corrected chi connectivity index (χ3v) is 4.21. The lowest BCUT2D eigenvalue weighted by atomic mass is 9.73. The van der Waals surface area contributed by atoms with Gasteiger partial charge >= 0.3 is 5.97 Å². The summed E-state index contributed by atoms with van der Waals surface area (Å²) in [5.74, 6) is 0.142. The minimum atomic E-state index is -0.434. The molecule has 5 nitrogen and oxygen atoms in total. The number of nitrogens with one attached hydrogen (secondary N) is 1. The van der Waals surface area contributed by atoms with Gasteiger partial charge in [-0.3, -0.25) is 0 Å². The van der Waals surface area contributed by atoms with Crippen LogP contribution in [0.4, 0.5) is 11.5 Å². The molecule has 0 bridgehead atoms. The van der Waals surface area contributed by atoms with Crippen molar-refractivity contribution >= 4 is 17.5 Å². The summed E-state index contributed by atoms with van der Waals surface area (Å²) in [6.07, 6.45) is 6.33. The highest BCUT2D eigenvalue weighted by atomic mass is 16.5. The van der Waals surface area contributed by atoms with Crippen LogP contribution in [-0.4, -0.2) is 24.1 Å². The van der Waals surface area contributed by atoms with Crippen molar-refractivity contribution in [3.8, 4) is 0 Å². The number of nitrogens with zero attached hydrogens (tertiary/aromatic N) is 1. The van der Waals surface area contributed by atoms with Crippen LogP contribution >= 0.6 is 0 Å². The number of rotatable bonds is 3. The lowest BCUT2D eigenvalue weighted by Crippen LogP contribution is -2.39. The largest absolute Gasteiger partial charge is 0.465 e. The summed E-state index contributed by atoms with van der Waals surface area (Å²) in [6.45, 7) is 4.51. The molecule has 0 spiro atoms. The minimum Gasteiger partial charge on any atom is -0.465 e. The average molecular weight is 277 g/mol. The first-order chi connectivity index (χ1) is 9.45. The second-order valence-electron chi connectivity index (χ2n) is 6.04. The maximum Gasteiger partial charge on any atom is 0.340 e. The Morgan fingerprint density at radius 3 is 2.90 bits per heavy atom. The number of carbonyl (C=O) groups excluding carboxylic acids is 1. The first-order valence-corrected chi connectivity index (χ1v) is 7.05. The summed E-state index contributed by atoms with van der Waals surface area (Å²) in [4.78, 5) is 15.9. The van der Waals surface area contributed by atoms with Gasteiger partial charge in [-0.25, -0.2) is 9.78 Å². The van der Waals surface area contributed by atoms with Gasteiger partial charge < -0.3 is 15.8 Å². The molecule has 3 N–H and O–H groups in total. The standard InChI is InChI=1S/C15H23N3O2/c1-15(2)8-5-4-6-11(15)18-13-12(16)10(7-9-17-13)14(19)20-3/h7,9,11H,4-6,8,16H2,1-3H3,(H,17,18). The van der Waals surface area contributed by atoms with Crippen molar-refractivity contribution in [2.24, 2.45) is 5.41 Å². The molecule has 5 heteroatoms. The molecular formula is C15H23N3O2. The van der Waals surface area contributed by atoms with Gasteiger partial charge in [0.1, 0.15) is 5.82 Å². The second-order valence-corrected chi connectivity index (χ2v) is 6.04. The molecule has 1 unspecified atom stereocenters. The molecule has 1 aliphatic carbocycles. The Morgan fingerprint density at radius 1 is 1.50 bits per heavy atom. The van der Waals surface area contributed by atoms with Gasteiger partial charge in [-0.2, -0.15) is 0 Å². The second kappa shape index (κ2) is 5.69. The van der Waals surface area contributed by atoms with Gasteiger partial charge in [0.05, 0.1) is 18.4 Å². The number of carbonyl (C=O) groups is 1. The fourth-order valence-electron chi connectivity index (χ4n) is 2.80. The van der Waals surface area contributed by atoms with Crippen LogP contribution in [0, 0.1) is 5.41 Å². The Hall–Kier alpha value is -1.78. The quantitative estimate of drug-likeness (QED) is 0.831. The lowest BCUT2D eigenvalue weighted by Gasteiger charge is -2.39. The lowest BCUT2D eigenvalue weighted by molar-refractivity contribution is 0.0602. The van der Waals surface area contributed by atoms with Crippen LogP contribution in [0.1, 0.15) is 49.9 Å². The number of esters is 1. The summed E-state index contributed by atoms with van der Waals surface area (Å²) >= 11 is 0. The average Bonchev–Trinajstić information content (AvgIpc) is 2.42. The monoisotopic (exact) mass is 277 g/mol. The van der Waals surface area contributed by atoms with E-state index in [1.54, 1.807) is 12.3 Å². The van der Waals surface area contributed by atoms with Crippen LogP contribution in [0.15, 0.2) is 12.3 Å². The van der Waals surface area contributed by atoms with Crippen LogP contribution in [0.2, 0.25) is 0 Å². The van der Waals surface area contributed by atoms with Gasteiger partial charge in [0.2, 0.25) is 0 Å². The van der Waals surface area contributed by atoms with Crippen LogP contribution in [-0.2, 0) is 4.74 Å². The third kappa shape index (κ3) is 2.86. The first kappa shape index (κ1) is 14.6. The molecular weight excluding hydrogens is 254 g/mol. The SMILES string of the molecule is COC(=O)c1ccnc(NC2CCCCC2(C)C)c1N. The van der Waals surface area contributed by atoms with Crippen molar-refractivity contribution in [3.63, 3.8) is 0 Å². The Bertz CT molecular complexity index is 500. The fraction of sp³-hybridized carbons (Fsp3) is 0.600. The van der Waals surface area contributed by atoms with E-state index in [9.17, 15) is 4.79 Å². The van der Waals surface area contributed by atoms with Gasteiger partial charge in [0, 0.05) is 12.2 Å². The fourth-order valence-corrected chi connectivity index (χ4v) is 2.80. The molecule has 1 aliphatic rings. The number of nitrogens with two attached hydrogens (primary N) is 1. The highest BCUT2D eigenvalue weighted by Crippen LogP contribution is 2.37. The van der Waals surface area contributed by atoms with Gasteiger partial charge in [-0.1, -0.05) is 26.7 Å². The van der Waals surface area contributed by atoms with Crippen LogP contribution in [0.25, 0.3) is 0 Å². The number of anilines is 2. The zero-order valence-corrected chi connectivity index (χ0v) is 12.4. The number of aromatic nitrogens is 1. The molecule has 2 rings (SSSR count). The Labute approximate surface area is 119 Å². The van der Waals surface area contributed by atoms with E-state index in [-0.39, 0.29) is 5.41 Å². The van der Waals surface area contributed by atoms with Gasteiger partial charge in [0.25, 0.3) is 0 Å². The Balaban J connectivity index is 2.23. The van der Waals surface area contributed by atoms with E-state index in [0.717, 1.165) is 6.42 Å². The van der Waals surface area contributed by atoms with E-state index in [2.05, 4.69) is 24.1 Å². The zero-order chi connectivity index (χ0) is 14.8. The molecule has 1 aromatic rings. The number of ether oxygens (including phenoxy) is 1. The molecule has 0 radical (unpaired) electrons. The summed E-state index contributed by atoms with van der Waals surface area (Å²) < 4.78 is 4.73.